The minimum absolute atomic E-state index is 0.677. The molecule has 1 rings (SSSR count). The second-order valence-corrected chi connectivity index (χ2v) is 5.89. The van der Waals surface area contributed by atoms with Crippen molar-refractivity contribution in [3.63, 3.8) is 0 Å². The molecule has 0 saturated carbocycles. The van der Waals surface area contributed by atoms with Crippen molar-refractivity contribution in [2.45, 2.75) is 47.2 Å². The number of rotatable bonds is 10. The first kappa shape index (κ1) is 16.2. The highest BCUT2D eigenvalue weighted by molar-refractivity contribution is 4.98. The summed E-state index contributed by atoms with van der Waals surface area (Å²) in [5, 5.41) is 7.91. The van der Waals surface area contributed by atoms with E-state index in [1.165, 1.54) is 0 Å². The van der Waals surface area contributed by atoms with Gasteiger partial charge < -0.3 is 10.1 Å². The molecule has 0 aromatic carbocycles. The van der Waals surface area contributed by atoms with Crippen molar-refractivity contribution in [3.05, 3.63) is 18.0 Å². The van der Waals surface area contributed by atoms with Crippen LogP contribution in [-0.2, 0) is 17.8 Å². The lowest BCUT2D eigenvalue weighted by molar-refractivity contribution is 0.114. The van der Waals surface area contributed by atoms with Crippen LogP contribution in [0.2, 0.25) is 0 Å². The molecule has 1 N–H and O–H groups in total. The van der Waals surface area contributed by atoms with E-state index in [0.717, 1.165) is 45.0 Å². The van der Waals surface area contributed by atoms with E-state index in [-0.39, 0.29) is 0 Å². The predicted octanol–water partition coefficient (Wildman–Crippen LogP) is 2.69. The van der Waals surface area contributed by atoms with E-state index in [4.69, 9.17) is 4.74 Å². The molecule has 1 aromatic rings. The average molecular weight is 267 g/mol. The molecule has 0 radical (unpaired) electrons. The lowest BCUT2D eigenvalue weighted by atomic mass is 10.1. The molecule has 1 heterocycles. The number of ether oxygens (including phenoxy) is 1. The fourth-order valence-corrected chi connectivity index (χ4v) is 1.69. The second kappa shape index (κ2) is 9.10. The fraction of sp³-hybridized carbons (Fsp3) is 0.800. The number of nitrogens with zero attached hydrogens (tertiary/aromatic N) is 2. The molecule has 0 amide bonds. The molecule has 110 valence electrons. The average Bonchev–Trinajstić information content (AvgIpc) is 2.76. The fourth-order valence-electron chi connectivity index (χ4n) is 1.69. The largest absolute Gasteiger partial charge is 0.380 e. The van der Waals surface area contributed by atoms with Crippen LogP contribution in [0.5, 0.6) is 0 Å². The maximum absolute atomic E-state index is 5.59. The van der Waals surface area contributed by atoms with Crippen LogP contribution < -0.4 is 5.32 Å². The Bertz CT molecular complexity index is 334. The van der Waals surface area contributed by atoms with Crippen LogP contribution in [0.15, 0.2) is 12.3 Å². The van der Waals surface area contributed by atoms with Gasteiger partial charge in [0.1, 0.15) is 0 Å². The van der Waals surface area contributed by atoms with Crippen LogP contribution in [-0.4, -0.2) is 29.5 Å². The van der Waals surface area contributed by atoms with Gasteiger partial charge in [-0.05, 0) is 30.9 Å². The van der Waals surface area contributed by atoms with E-state index < -0.39 is 0 Å². The van der Waals surface area contributed by atoms with Crippen LogP contribution in [0, 0.1) is 11.8 Å². The van der Waals surface area contributed by atoms with Crippen molar-refractivity contribution in [3.8, 4) is 0 Å². The summed E-state index contributed by atoms with van der Waals surface area (Å²) in [6, 6.07) is 2.07. The Morgan fingerprint density at radius 1 is 1.21 bits per heavy atom. The molecule has 0 saturated heterocycles. The second-order valence-electron chi connectivity index (χ2n) is 5.89. The molecular formula is C15H29N3O. The lowest BCUT2D eigenvalue weighted by Gasteiger charge is -2.07. The first-order valence-electron chi connectivity index (χ1n) is 7.38. The summed E-state index contributed by atoms with van der Waals surface area (Å²) in [4.78, 5) is 0. The molecule has 4 heteroatoms. The van der Waals surface area contributed by atoms with E-state index in [0.29, 0.717) is 11.8 Å². The zero-order valence-electron chi connectivity index (χ0n) is 12.9. The smallest absolute Gasteiger partial charge is 0.0762 e. The summed E-state index contributed by atoms with van der Waals surface area (Å²) in [5.41, 5.74) is 1.10. The molecule has 4 nitrogen and oxygen atoms in total. The zero-order valence-corrected chi connectivity index (χ0v) is 12.9. The van der Waals surface area contributed by atoms with Crippen LogP contribution in [0.25, 0.3) is 0 Å². The Balaban J connectivity index is 2.12. The van der Waals surface area contributed by atoms with Crippen molar-refractivity contribution < 1.29 is 4.74 Å². The monoisotopic (exact) mass is 267 g/mol. The number of aromatic nitrogens is 2. The maximum atomic E-state index is 5.59. The number of hydrogen-bond acceptors (Lipinski definition) is 3. The summed E-state index contributed by atoms with van der Waals surface area (Å²) >= 11 is 0. The van der Waals surface area contributed by atoms with Gasteiger partial charge in [0, 0.05) is 19.3 Å². The van der Waals surface area contributed by atoms with Gasteiger partial charge in [0.2, 0.25) is 0 Å². The molecule has 0 bridgehead atoms. The van der Waals surface area contributed by atoms with Crippen LogP contribution >= 0.6 is 0 Å². The van der Waals surface area contributed by atoms with Crippen LogP contribution in [0.3, 0.4) is 0 Å². The number of hydrogen-bond donors (Lipinski definition) is 1. The minimum atomic E-state index is 0.677. The van der Waals surface area contributed by atoms with Crippen molar-refractivity contribution in [2.24, 2.45) is 11.8 Å². The summed E-state index contributed by atoms with van der Waals surface area (Å²) in [6.45, 7) is 13.2. The quantitative estimate of drug-likeness (QED) is 0.662. The van der Waals surface area contributed by atoms with Crippen molar-refractivity contribution >= 4 is 0 Å². The molecule has 0 unspecified atom stereocenters. The first-order chi connectivity index (χ1) is 9.08. The SMILES string of the molecule is CC(C)CCOCCn1ccc(CNCC(C)C)n1. The van der Waals surface area contributed by atoms with Gasteiger partial charge in [-0.15, -0.1) is 0 Å². The van der Waals surface area contributed by atoms with Gasteiger partial charge in [0.15, 0.2) is 0 Å². The summed E-state index contributed by atoms with van der Waals surface area (Å²) in [7, 11) is 0. The molecule has 19 heavy (non-hydrogen) atoms. The Hall–Kier alpha value is -0.870. The molecule has 1 aromatic heterocycles. The zero-order chi connectivity index (χ0) is 14.1. The third-order valence-electron chi connectivity index (χ3n) is 2.86. The molecule has 0 atom stereocenters. The summed E-state index contributed by atoms with van der Waals surface area (Å²) in [5.74, 6) is 1.39. The maximum Gasteiger partial charge on any atom is 0.0762 e. The Labute approximate surface area is 117 Å². The molecule has 0 aliphatic heterocycles. The molecular weight excluding hydrogens is 238 g/mol. The molecule has 0 aliphatic rings. The minimum Gasteiger partial charge on any atom is -0.380 e. The van der Waals surface area contributed by atoms with Gasteiger partial charge in [-0.1, -0.05) is 27.7 Å². The van der Waals surface area contributed by atoms with E-state index in [2.05, 4.69) is 44.2 Å². The highest BCUT2D eigenvalue weighted by Gasteiger charge is 2.00. The molecule has 0 aliphatic carbocycles. The van der Waals surface area contributed by atoms with E-state index >= 15 is 0 Å². The third-order valence-corrected chi connectivity index (χ3v) is 2.86. The van der Waals surface area contributed by atoms with Gasteiger partial charge in [0.25, 0.3) is 0 Å². The Morgan fingerprint density at radius 2 is 2.00 bits per heavy atom. The van der Waals surface area contributed by atoms with Gasteiger partial charge in [-0.3, -0.25) is 4.68 Å². The van der Waals surface area contributed by atoms with Gasteiger partial charge in [0.05, 0.1) is 18.8 Å². The highest BCUT2D eigenvalue weighted by Crippen LogP contribution is 2.00. The van der Waals surface area contributed by atoms with Crippen molar-refractivity contribution in [2.75, 3.05) is 19.8 Å². The van der Waals surface area contributed by atoms with Crippen LogP contribution in [0.1, 0.15) is 39.8 Å². The number of nitrogens with one attached hydrogen (secondary N) is 1. The topological polar surface area (TPSA) is 39.1 Å². The first-order valence-corrected chi connectivity index (χ1v) is 7.38. The normalized spacial score (nSPS) is 11.7. The third kappa shape index (κ3) is 8.01. The molecule has 0 spiro atoms. The summed E-state index contributed by atoms with van der Waals surface area (Å²) < 4.78 is 7.55. The van der Waals surface area contributed by atoms with Crippen LogP contribution in [0.4, 0.5) is 0 Å². The van der Waals surface area contributed by atoms with Gasteiger partial charge >= 0.3 is 0 Å². The van der Waals surface area contributed by atoms with E-state index in [1.54, 1.807) is 0 Å². The van der Waals surface area contributed by atoms with E-state index in [1.807, 2.05) is 10.9 Å². The van der Waals surface area contributed by atoms with Crippen molar-refractivity contribution in [1.29, 1.82) is 0 Å². The Kier molecular flexibility index (Phi) is 7.75. The van der Waals surface area contributed by atoms with Crippen molar-refractivity contribution in [1.82, 2.24) is 15.1 Å². The highest BCUT2D eigenvalue weighted by atomic mass is 16.5. The van der Waals surface area contributed by atoms with Gasteiger partial charge in [-0.2, -0.15) is 5.10 Å². The van der Waals surface area contributed by atoms with E-state index in [9.17, 15) is 0 Å². The standard InChI is InChI=1S/C15H29N3O/c1-13(2)6-9-19-10-8-18-7-5-15(17-18)12-16-11-14(3)4/h5,7,13-14,16H,6,8-12H2,1-4H3. The predicted molar refractivity (Wildman–Crippen MR) is 79.0 cm³/mol. The summed E-state index contributed by atoms with van der Waals surface area (Å²) in [6.07, 6.45) is 3.15. The Morgan fingerprint density at radius 3 is 2.68 bits per heavy atom. The lowest BCUT2D eigenvalue weighted by Crippen LogP contribution is -2.19. The van der Waals surface area contributed by atoms with Gasteiger partial charge in [-0.25, -0.2) is 0 Å². The molecule has 0 fully saturated rings.